The standard InChI is InChI=1S/C25H27ClN2O5S/c1-19-3-13-24(14-4-19)34(30,31)28(17-20-5-7-21(26)8-6-20)22-9-11-23(12-10-22)33-18-25(29)27-15-16-32-2/h3-14H,15-18H2,1-2H3,(H,27,29). The summed E-state index contributed by atoms with van der Waals surface area (Å²) in [6.07, 6.45) is 0. The van der Waals surface area contributed by atoms with Crippen LogP contribution in [0.3, 0.4) is 0 Å². The van der Waals surface area contributed by atoms with Crippen molar-refractivity contribution in [3.8, 4) is 5.75 Å². The Labute approximate surface area is 205 Å². The first-order valence-corrected chi connectivity index (χ1v) is 12.4. The highest BCUT2D eigenvalue weighted by Crippen LogP contribution is 2.28. The number of carbonyl (C=O) groups excluding carboxylic acids is 1. The summed E-state index contributed by atoms with van der Waals surface area (Å²) in [4.78, 5) is 12.0. The van der Waals surface area contributed by atoms with Gasteiger partial charge in [0.05, 0.1) is 23.7 Å². The first kappa shape index (κ1) is 25.6. The van der Waals surface area contributed by atoms with Crippen LogP contribution in [0, 0.1) is 6.92 Å². The molecule has 180 valence electrons. The maximum absolute atomic E-state index is 13.5. The molecule has 0 heterocycles. The first-order valence-electron chi connectivity index (χ1n) is 10.6. The van der Waals surface area contributed by atoms with Crippen LogP contribution in [0.25, 0.3) is 0 Å². The first-order chi connectivity index (χ1) is 16.3. The molecule has 3 aromatic rings. The average molecular weight is 503 g/mol. The Bertz CT molecular complexity index is 1180. The number of carbonyl (C=O) groups is 1. The van der Waals surface area contributed by atoms with Crippen LogP contribution in [-0.2, 0) is 26.1 Å². The van der Waals surface area contributed by atoms with Gasteiger partial charge in [-0.2, -0.15) is 0 Å². The topological polar surface area (TPSA) is 84.9 Å². The van der Waals surface area contributed by atoms with E-state index in [1.807, 2.05) is 6.92 Å². The Hall–Kier alpha value is -3.07. The van der Waals surface area contributed by atoms with Crippen molar-refractivity contribution in [2.24, 2.45) is 0 Å². The fraction of sp³-hybridized carbons (Fsp3) is 0.240. The molecule has 0 aliphatic rings. The number of nitrogens with zero attached hydrogens (tertiary/aromatic N) is 1. The predicted molar refractivity (Wildman–Crippen MR) is 133 cm³/mol. The molecule has 0 unspecified atom stereocenters. The van der Waals surface area contributed by atoms with Crippen LogP contribution in [0.15, 0.2) is 77.7 Å². The fourth-order valence-electron chi connectivity index (χ4n) is 3.11. The number of hydrogen-bond acceptors (Lipinski definition) is 5. The van der Waals surface area contributed by atoms with Crippen LogP contribution in [0.5, 0.6) is 5.75 Å². The van der Waals surface area contributed by atoms with E-state index in [9.17, 15) is 13.2 Å². The minimum absolute atomic E-state index is 0.121. The van der Waals surface area contributed by atoms with Crippen LogP contribution in [-0.4, -0.2) is 41.2 Å². The van der Waals surface area contributed by atoms with Gasteiger partial charge in [-0.15, -0.1) is 0 Å². The maximum atomic E-state index is 13.5. The van der Waals surface area contributed by atoms with Gasteiger partial charge in [0, 0.05) is 18.7 Å². The van der Waals surface area contributed by atoms with Gasteiger partial charge in [0.25, 0.3) is 15.9 Å². The number of nitrogens with one attached hydrogen (secondary N) is 1. The van der Waals surface area contributed by atoms with Crippen LogP contribution in [0.4, 0.5) is 5.69 Å². The molecule has 0 bridgehead atoms. The van der Waals surface area contributed by atoms with Crippen LogP contribution >= 0.6 is 11.6 Å². The number of anilines is 1. The van der Waals surface area contributed by atoms with Crippen molar-refractivity contribution in [3.63, 3.8) is 0 Å². The third-order valence-electron chi connectivity index (χ3n) is 4.97. The lowest BCUT2D eigenvalue weighted by Gasteiger charge is -2.25. The molecule has 0 fully saturated rings. The van der Waals surface area contributed by atoms with Crippen LogP contribution in [0.2, 0.25) is 5.02 Å². The number of hydrogen-bond donors (Lipinski definition) is 1. The number of sulfonamides is 1. The minimum Gasteiger partial charge on any atom is -0.484 e. The van der Waals surface area contributed by atoms with E-state index in [0.29, 0.717) is 29.6 Å². The molecule has 0 aliphatic heterocycles. The molecule has 9 heteroatoms. The Balaban J connectivity index is 1.82. The fourth-order valence-corrected chi connectivity index (χ4v) is 4.69. The van der Waals surface area contributed by atoms with E-state index in [1.54, 1.807) is 79.9 Å². The van der Waals surface area contributed by atoms with E-state index in [-0.39, 0.29) is 24.0 Å². The molecule has 34 heavy (non-hydrogen) atoms. The third kappa shape index (κ3) is 6.96. The quantitative estimate of drug-likeness (QED) is 0.397. The van der Waals surface area contributed by atoms with Crippen molar-refractivity contribution >= 4 is 33.2 Å². The molecule has 0 spiro atoms. The molecular weight excluding hydrogens is 476 g/mol. The second-order valence-electron chi connectivity index (χ2n) is 7.58. The summed E-state index contributed by atoms with van der Waals surface area (Å²) in [6.45, 7) is 2.68. The van der Waals surface area contributed by atoms with Gasteiger partial charge in [-0.1, -0.05) is 41.4 Å². The largest absolute Gasteiger partial charge is 0.484 e. The van der Waals surface area contributed by atoms with Gasteiger partial charge in [-0.25, -0.2) is 8.42 Å². The zero-order valence-electron chi connectivity index (χ0n) is 19.0. The number of ether oxygens (including phenoxy) is 2. The molecule has 0 aromatic heterocycles. The number of aryl methyl sites for hydroxylation is 1. The Morgan fingerprint density at radius 1 is 0.971 bits per heavy atom. The highest BCUT2D eigenvalue weighted by molar-refractivity contribution is 7.92. The van der Waals surface area contributed by atoms with E-state index < -0.39 is 10.0 Å². The molecule has 0 radical (unpaired) electrons. The molecule has 0 saturated heterocycles. The summed E-state index contributed by atoms with van der Waals surface area (Å²) >= 11 is 5.99. The number of rotatable bonds is 11. The number of benzene rings is 3. The van der Waals surface area contributed by atoms with Crippen LogP contribution < -0.4 is 14.4 Å². The van der Waals surface area contributed by atoms with Gasteiger partial charge >= 0.3 is 0 Å². The van der Waals surface area contributed by atoms with Crippen molar-refractivity contribution in [1.82, 2.24) is 5.32 Å². The van der Waals surface area contributed by atoms with Crippen molar-refractivity contribution in [3.05, 3.63) is 88.9 Å². The molecule has 7 nitrogen and oxygen atoms in total. The van der Waals surface area contributed by atoms with E-state index >= 15 is 0 Å². The van der Waals surface area contributed by atoms with Gasteiger partial charge in [-0.3, -0.25) is 9.10 Å². The summed E-state index contributed by atoms with van der Waals surface area (Å²) < 4.78 is 38.8. The maximum Gasteiger partial charge on any atom is 0.264 e. The van der Waals surface area contributed by atoms with E-state index in [1.165, 1.54) is 4.31 Å². The van der Waals surface area contributed by atoms with Crippen LogP contribution in [0.1, 0.15) is 11.1 Å². The van der Waals surface area contributed by atoms with Gasteiger partial charge in [-0.05, 0) is 61.0 Å². The predicted octanol–water partition coefficient (Wildman–Crippen LogP) is 4.19. The highest BCUT2D eigenvalue weighted by atomic mass is 35.5. The summed E-state index contributed by atoms with van der Waals surface area (Å²) in [6, 6.07) is 20.3. The summed E-state index contributed by atoms with van der Waals surface area (Å²) in [5.74, 6) is 0.178. The van der Waals surface area contributed by atoms with E-state index in [2.05, 4.69) is 5.32 Å². The van der Waals surface area contributed by atoms with E-state index in [0.717, 1.165) is 11.1 Å². The lowest BCUT2D eigenvalue weighted by molar-refractivity contribution is -0.123. The number of halogens is 1. The number of methoxy groups -OCH3 is 1. The van der Waals surface area contributed by atoms with Gasteiger partial charge in [0.15, 0.2) is 6.61 Å². The van der Waals surface area contributed by atoms with Crippen molar-refractivity contribution in [2.75, 3.05) is 31.2 Å². The van der Waals surface area contributed by atoms with E-state index in [4.69, 9.17) is 21.1 Å². The molecule has 3 aromatic carbocycles. The van der Waals surface area contributed by atoms with Gasteiger partial charge < -0.3 is 14.8 Å². The highest BCUT2D eigenvalue weighted by Gasteiger charge is 2.25. The molecule has 0 aliphatic carbocycles. The second-order valence-corrected chi connectivity index (χ2v) is 9.88. The normalized spacial score (nSPS) is 11.1. The monoisotopic (exact) mass is 502 g/mol. The minimum atomic E-state index is -3.85. The second kappa shape index (κ2) is 11.9. The Morgan fingerprint density at radius 2 is 1.62 bits per heavy atom. The van der Waals surface area contributed by atoms with Gasteiger partial charge in [0.1, 0.15) is 5.75 Å². The molecular formula is C25H27ClN2O5S. The summed E-state index contributed by atoms with van der Waals surface area (Å²) in [5, 5.41) is 3.24. The summed E-state index contributed by atoms with van der Waals surface area (Å²) in [7, 11) is -2.29. The SMILES string of the molecule is COCCNC(=O)COc1ccc(N(Cc2ccc(Cl)cc2)S(=O)(=O)c2ccc(C)cc2)cc1. The lowest BCUT2D eigenvalue weighted by Crippen LogP contribution is -2.31. The van der Waals surface area contributed by atoms with Crippen molar-refractivity contribution in [2.45, 2.75) is 18.4 Å². The molecule has 3 rings (SSSR count). The zero-order chi connectivity index (χ0) is 24.6. The molecule has 0 saturated carbocycles. The summed E-state index contributed by atoms with van der Waals surface area (Å²) in [5.41, 5.74) is 2.22. The Morgan fingerprint density at radius 3 is 2.24 bits per heavy atom. The lowest BCUT2D eigenvalue weighted by atomic mass is 10.2. The number of amides is 1. The average Bonchev–Trinajstić information content (AvgIpc) is 2.83. The third-order valence-corrected chi connectivity index (χ3v) is 7.01. The molecule has 1 N–H and O–H groups in total. The van der Waals surface area contributed by atoms with Gasteiger partial charge in [0.2, 0.25) is 0 Å². The molecule has 0 atom stereocenters. The van der Waals surface area contributed by atoms with Crippen molar-refractivity contribution in [1.29, 1.82) is 0 Å². The smallest absolute Gasteiger partial charge is 0.264 e. The molecule has 1 amide bonds. The van der Waals surface area contributed by atoms with Crippen molar-refractivity contribution < 1.29 is 22.7 Å². The Kier molecular flexibility index (Phi) is 8.92. The zero-order valence-corrected chi connectivity index (χ0v) is 20.6.